The number of nitrogens with zero attached hydrogens (tertiary/aromatic N) is 3. The van der Waals surface area contributed by atoms with Crippen LogP contribution in [-0.4, -0.2) is 36.7 Å². The summed E-state index contributed by atoms with van der Waals surface area (Å²) in [6.45, 7) is 0.500. The molecule has 186 valence electrons. The first-order chi connectivity index (χ1) is 17.3. The van der Waals surface area contributed by atoms with Crippen LogP contribution in [0.2, 0.25) is 0 Å². The number of fused-ring (bicyclic) bond motifs is 1. The average Bonchev–Trinajstić information content (AvgIpc) is 3.33. The summed E-state index contributed by atoms with van der Waals surface area (Å²) in [6, 6.07) is 18.7. The van der Waals surface area contributed by atoms with Crippen LogP contribution in [0.3, 0.4) is 0 Å². The minimum atomic E-state index is -3.89. The predicted octanol–water partition coefficient (Wildman–Crippen LogP) is 5.21. The fourth-order valence-corrected chi connectivity index (χ4v) is 6.87. The number of thiazole rings is 1. The third-order valence-electron chi connectivity index (χ3n) is 6.22. The maximum atomic E-state index is 14.4. The van der Waals surface area contributed by atoms with E-state index < -0.39 is 27.6 Å². The molecule has 10 heteroatoms. The maximum Gasteiger partial charge on any atom is 0.243 e. The smallest absolute Gasteiger partial charge is 0.243 e. The summed E-state index contributed by atoms with van der Waals surface area (Å²) in [4.78, 5) is 19.8. The largest absolute Gasteiger partial charge is 0.283 e. The molecule has 1 aliphatic heterocycles. The number of amides is 1. The van der Waals surface area contributed by atoms with E-state index in [1.54, 1.807) is 12.1 Å². The Morgan fingerprint density at radius 2 is 1.78 bits per heavy atom. The number of benzene rings is 3. The zero-order chi connectivity index (χ0) is 25.3. The second-order valence-corrected chi connectivity index (χ2v) is 11.6. The molecular weight excluding hydrogens is 504 g/mol. The van der Waals surface area contributed by atoms with Gasteiger partial charge in [-0.05, 0) is 54.8 Å². The summed E-state index contributed by atoms with van der Waals surface area (Å²) >= 11 is 1.22. The molecule has 5 rings (SSSR count). The molecule has 0 bridgehead atoms. The van der Waals surface area contributed by atoms with Crippen LogP contribution in [-0.2, 0) is 21.4 Å². The SMILES string of the molecule is O=C(C1CCCN(S(=O)(=O)c2ccc(F)cc2)C1)N(Cc1ccccc1)c1nc2c(F)cccc2s1. The van der Waals surface area contributed by atoms with Crippen LogP contribution in [0.4, 0.5) is 13.9 Å². The van der Waals surface area contributed by atoms with Crippen molar-refractivity contribution in [1.82, 2.24) is 9.29 Å². The van der Waals surface area contributed by atoms with Gasteiger partial charge in [0.05, 0.1) is 22.1 Å². The Hall–Kier alpha value is -3.21. The molecule has 1 aromatic heterocycles. The molecular formula is C26H23F2N3O3S2. The Morgan fingerprint density at radius 1 is 1.03 bits per heavy atom. The van der Waals surface area contributed by atoms with E-state index in [0.29, 0.717) is 22.7 Å². The molecule has 1 saturated heterocycles. The Labute approximate surface area is 211 Å². The molecule has 0 saturated carbocycles. The Bertz CT molecular complexity index is 1490. The number of hydrogen-bond donors (Lipinski definition) is 0. The van der Waals surface area contributed by atoms with E-state index in [0.717, 1.165) is 17.7 Å². The number of aromatic nitrogens is 1. The highest BCUT2D eigenvalue weighted by Crippen LogP contribution is 2.33. The monoisotopic (exact) mass is 527 g/mol. The first-order valence-electron chi connectivity index (χ1n) is 11.5. The summed E-state index contributed by atoms with van der Waals surface area (Å²) in [6.07, 6.45) is 1.02. The van der Waals surface area contributed by atoms with Gasteiger partial charge in [0, 0.05) is 13.1 Å². The lowest BCUT2D eigenvalue weighted by Crippen LogP contribution is -2.46. The molecule has 0 N–H and O–H groups in total. The number of hydrogen-bond acceptors (Lipinski definition) is 5. The highest BCUT2D eigenvalue weighted by molar-refractivity contribution is 7.89. The van der Waals surface area contributed by atoms with E-state index in [1.165, 1.54) is 38.7 Å². The second-order valence-electron chi connectivity index (χ2n) is 8.65. The van der Waals surface area contributed by atoms with Crippen molar-refractivity contribution in [3.63, 3.8) is 0 Å². The normalized spacial score (nSPS) is 16.8. The first-order valence-corrected chi connectivity index (χ1v) is 13.7. The lowest BCUT2D eigenvalue weighted by Gasteiger charge is -2.33. The molecule has 2 heterocycles. The van der Waals surface area contributed by atoms with E-state index in [-0.39, 0.29) is 36.0 Å². The second kappa shape index (κ2) is 10.0. The van der Waals surface area contributed by atoms with E-state index in [9.17, 15) is 22.0 Å². The zero-order valence-electron chi connectivity index (χ0n) is 19.2. The summed E-state index contributed by atoms with van der Waals surface area (Å²) in [7, 11) is -3.89. The number of carbonyl (C=O) groups excluding carboxylic acids is 1. The van der Waals surface area contributed by atoms with Crippen molar-refractivity contribution < 1.29 is 22.0 Å². The third kappa shape index (κ3) is 4.88. The molecule has 0 spiro atoms. The Morgan fingerprint density at radius 3 is 2.50 bits per heavy atom. The molecule has 1 unspecified atom stereocenters. The fraction of sp³-hybridized carbons (Fsp3) is 0.231. The van der Waals surface area contributed by atoms with Crippen molar-refractivity contribution in [2.75, 3.05) is 18.0 Å². The van der Waals surface area contributed by atoms with Crippen LogP contribution >= 0.6 is 11.3 Å². The zero-order valence-corrected chi connectivity index (χ0v) is 20.8. The average molecular weight is 528 g/mol. The number of rotatable bonds is 6. The lowest BCUT2D eigenvalue weighted by molar-refractivity contribution is -0.123. The van der Waals surface area contributed by atoms with Crippen molar-refractivity contribution in [3.05, 3.63) is 90.0 Å². The molecule has 6 nitrogen and oxygen atoms in total. The van der Waals surface area contributed by atoms with Gasteiger partial charge in [-0.3, -0.25) is 9.69 Å². The highest BCUT2D eigenvalue weighted by Gasteiger charge is 2.36. The number of piperidine rings is 1. The van der Waals surface area contributed by atoms with Crippen molar-refractivity contribution in [3.8, 4) is 0 Å². The molecule has 36 heavy (non-hydrogen) atoms. The molecule has 1 aliphatic rings. The topological polar surface area (TPSA) is 70.6 Å². The van der Waals surface area contributed by atoms with Crippen LogP contribution in [0.1, 0.15) is 18.4 Å². The summed E-state index contributed by atoms with van der Waals surface area (Å²) in [5, 5.41) is 0.363. The van der Waals surface area contributed by atoms with Gasteiger partial charge in [-0.15, -0.1) is 0 Å². The Kier molecular flexibility index (Phi) is 6.83. The molecule has 0 aliphatic carbocycles. The molecule has 4 aromatic rings. The van der Waals surface area contributed by atoms with Crippen molar-refractivity contribution in [1.29, 1.82) is 0 Å². The van der Waals surface area contributed by atoms with Crippen molar-refractivity contribution >= 4 is 42.6 Å². The molecule has 0 radical (unpaired) electrons. The van der Waals surface area contributed by atoms with Gasteiger partial charge in [-0.2, -0.15) is 4.31 Å². The van der Waals surface area contributed by atoms with Gasteiger partial charge in [0.15, 0.2) is 5.13 Å². The number of halogens is 2. The first kappa shape index (κ1) is 24.5. The molecule has 1 amide bonds. The number of carbonyl (C=O) groups is 1. The van der Waals surface area contributed by atoms with Gasteiger partial charge in [0.25, 0.3) is 0 Å². The van der Waals surface area contributed by atoms with Crippen LogP contribution in [0.15, 0.2) is 77.7 Å². The molecule has 3 aromatic carbocycles. The standard InChI is InChI=1S/C26H23F2N3O3S2/c27-20-11-13-21(14-12-20)36(33,34)30-15-5-8-19(17-30)25(32)31(16-18-6-2-1-3-7-18)26-29-24-22(28)9-4-10-23(24)35-26/h1-4,6-7,9-14,19H,5,8,15-17H2. The molecule has 1 fully saturated rings. The van der Waals surface area contributed by atoms with E-state index in [4.69, 9.17) is 0 Å². The number of sulfonamides is 1. The van der Waals surface area contributed by atoms with Crippen molar-refractivity contribution in [2.24, 2.45) is 5.92 Å². The van der Waals surface area contributed by atoms with Gasteiger partial charge in [-0.25, -0.2) is 22.2 Å². The third-order valence-corrected chi connectivity index (χ3v) is 9.15. The number of para-hydroxylation sites is 1. The van der Waals surface area contributed by atoms with Crippen LogP contribution < -0.4 is 4.90 Å². The summed E-state index contributed by atoms with van der Waals surface area (Å²) < 4.78 is 56.0. The van der Waals surface area contributed by atoms with Gasteiger partial charge in [0.1, 0.15) is 17.2 Å². The van der Waals surface area contributed by atoms with Crippen LogP contribution in [0.5, 0.6) is 0 Å². The summed E-state index contributed by atoms with van der Waals surface area (Å²) in [5.41, 5.74) is 1.07. The van der Waals surface area contributed by atoms with Gasteiger partial charge in [-0.1, -0.05) is 47.7 Å². The van der Waals surface area contributed by atoms with Crippen LogP contribution in [0, 0.1) is 17.6 Å². The predicted molar refractivity (Wildman–Crippen MR) is 135 cm³/mol. The fourth-order valence-electron chi connectivity index (χ4n) is 4.36. The van der Waals surface area contributed by atoms with Gasteiger partial charge >= 0.3 is 0 Å². The Balaban J connectivity index is 1.45. The van der Waals surface area contributed by atoms with Gasteiger partial charge in [0.2, 0.25) is 15.9 Å². The van der Waals surface area contributed by atoms with E-state index in [1.807, 2.05) is 30.3 Å². The van der Waals surface area contributed by atoms with E-state index in [2.05, 4.69) is 4.98 Å². The van der Waals surface area contributed by atoms with Crippen LogP contribution in [0.25, 0.3) is 10.2 Å². The highest BCUT2D eigenvalue weighted by atomic mass is 32.2. The molecule has 1 atom stereocenters. The minimum absolute atomic E-state index is 0.00306. The minimum Gasteiger partial charge on any atom is -0.283 e. The lowest BCUT2D eigenvalue weighted by atomic mass is 9.98. The quantitative estimate of drug-likeness (QED) is 0.345. The summed E-state index contributed by atoms with van der Waals surface area (Å²) in [5.74, 6) is -1.85. The number of anilines is 1. The van der Waals surface area contributed by atoms with Crippen molar-refractivity contribution in [2.45, 2.75) is 24.3 Å². The van der Waals surface area contributed by atoms with Gasteiger partial charge < -0.3 is 0 Å². The van der Waals surface area contributed by atoms with E-state index >= 15 is 0 Å². The maximum absolute atomic E-state index is 14.4.